The molecule has 0 fully saturated rings. The van der Waals surface area contributed by atoms with Crippen LogP contribution in [0.3, 0.4) is 0 Å². The van der Waals surface area contributed by atoms with E-state index in [2.05, 4.69) is 39.5 Å². The lowest BCUT2D eigenvalue weighted by atomic mass is 9.90. The van der Waals surface area contributed by atoms with Gasteiger partial charge in [0, 0.05) is 0 Å². The van der Waals surface area contributed by atoms with Gasteiger partial charge in [-0.15, -0.1) is 0 Å². The fraction of sp³-hybridized carbons (Fsp3) is 1.00. The second kappa shape index (κ2) is 9.04. The minimum Gasteiger partial charge on any atom is -0.303 e. The summed E-state index contributed by atoms with van der Waals surface area (Å²) in [4.78, 5) is 2.67. The van der Waals surface area contributed by atoms with E-state index in [1.54, 1.807) is 0 Å². The standard InChI is InChI=1S/C15H33N/c1-6-8-12-16(13-9-7-2)14-10-11-15(3,4)5/h6-14H2,1-5H3. The first-order chi connectivity index (χ1) is 7.49. The third-order valence-corrected chi connectivity index (χ3v) is 3.06. The highest BCUT2D eigenvalue weighted by Crippen LogP contribution is 2.20. The molecule has 0 radical (unpaired) electrons. The summed E-state index contributed by atoms with van der Waals surface area (Å²) in [5.41, 5.74) is 0.501. The molecule has 0 atom stereocenters. The molecule has 16 heavy (non-hydrogen) atoms. The van der Waals surface area contributed by atoms with Gasteiger partial charge in [0.25, 0.3) is 0 Å². The largest absolute Gasteiger partial charge is 0.303 e. The van der Waals surface area contributed by atoms with E-state index in [0.717, 1.165) is 0 Å². The smallest absolute Gasteiger partial charge is 0.00185 e. The maximum atomic E-state index is 2.67. The monoisotopic (exact) mass is 227 g/mol. The first kappa shape index (κ1) is 16.0. The highest BCUT2D eigenvalue weighted by molar-refractivity contribution is 4.64. The minimum atomic E-state index is 0.501. The molecule has 0 saturated carbocycles. The average Bonchev–Trinajstić information content (AvgIpc) is 2.19. The highest BCUT2D eigenvalue weighted by atomic mass is 15.1. The summed E-state index contributed by atoms with van der Waals surface area (Å²) in [6.07, 6.45) is 8.07. The molecule has 0 aliphatic carbocycles. The topological polar surface area (TPSA) is 3.24 Å². The van der Waals surface area contributed by atoms with E-state index in [1.165, 1.54) is 58.2 Å². The zero-order valence-electron chi connectivity index (χ0n) is 12.3. The predicted octanol–water partition coefficient (Wildman–Crippen LogP) is 4.71. The van der Waals surface area contributed by atoms with Crippen molar-refractivity contribution in [3.05, 3.63) is 0 Å². The Morgan fingerprint density at radius 3 is 1.56 bits per heavy atom. The van der Waals surface area contributed by atoms with Gasteiger partial charge in [-0.05, 0) is 50.7 Å². The van der Waals surface area contributed by atoms with Crippen LogP contribution in [0.4, 0.5) is 0 Å². The number of hydrogen-bond acceptors (Lipinski definition) is 1. The molecule has 0 aromatic heterocycles. The highest BCUT2D eigenvalue weighted by Gasteiger charge is 2.11. The van der Waals surface area contributed by atoms with Crippen molar-refractivity contribution in [3.63, 3.8) is 0 Å². The third-order valence-electron chi connectivity index (χ3n) is 3.06. The molecule has 0 heterocycles. The van der Waals surface area contributed by atoms with Gasteiger partial charge in [-0.2, -0.15) is 0 Å². The van der Waals surface area contributed by atoms with Crippen molar-refractivity contribution < 1.29 is 0 Å². The Bertz CT molecular complexity index is 138. The van der Waals surface area contributed by atoms with Gasteiger partial charge < -0.3 is 4.90 Å². The second-order valence-electron chi connectivity index (χ2n) is 6.21. The summed E-state index contributed by atoms with van der Waals surface area (Å²) in [6, 6.07) is 0. The Morgan fingerprint density at radius 1 is 0.750 bits per heavy atom. The molecule has 0 aromatic rings. The van der Waals surface area contributed by atoms with Crippen LogP contribution in [-0.4, -0.2) is 24.5 Å². The molecule has 0 N–H and O–H groups in total. The third kappa shape index (κ3) is 10.5. The van der Waals surface area contributed by atoms with Crippen LogP contribution in [0.25, 0.3) is 0 Å². The zero-order valence-corrected chi connectivity index (χ0v) is 12.3. The van der Waals surface area contributed by atoms with Crippen LogP contribution in [-0.2, 0) is 0 Å². The van der Waals surface area contributed by atoms with Gasteiger partial charge in [0.2, 0.25) is 0 Å². The Morgan fingerprint density at radius 2 is 1.19 bits per heavy atom. The minimum absolute atomic E-state index is 0.501. The molecule has 0 aliphatic rings. The van der Waals surface area contributed by atoms with Gasteiger partial charge in [0.1, 0.15) is 0 Å². The van der Waals surface area contributed by atoms with Crippen LogP contribution in [0.15, 0.2) is 0 Å². The SMILES string of the molecule is CCCCN(CCCC)CCCC(C)(C)C. The summed E-state index contributed by atoms with van der Waals surface area (Å²) >= 11 is 0. The summed E-state index contributed by atoms with van der Waals surface area (Å²) in [7, 11) is 0. The van der Waals surface area contributed by atoms with E-state index < -0.39 is 0 Å². The maximum absolute atomic E-state index is 2.67. The number of rotatable bonds is 9. The zero-order chi connectivity index (χ0) is 12.4. The average molecular weight is 227 g/mol. The Hall–Kier alpha value is -0.0400. The van der Waals surface area contributed by atoms with Crippen LogP contribution in [0.5, 0.6) is 0 Å². The molecular formula is C15H33N. The fourth-order valence-corrected chi connectivity index (χ4v) is 1.93. The lowest BCUT2D eigenvalue weighted by Crippen LogP contribution is -2.27. The Labute approximate surface area is 104 Å². The summed E-state index contributed by atoms with van der Waals surface area (Å²) in [5, 5.41) is 0. The molecular weight excluding hydrogens is 194 g/mol. The van der Waals surface area contributed by atoms with Crippen LogP contribution < -0.4 is 0 Å². The van der Waals surface area contributed by atoms with E-state index in [1.807, 2.05) is 0 Å². The Kier molecular flexibility index (Phi) is 9.02. The van der Waals surface area contributed by atoms with E-state index >= 15 is 0 Å². The molecule has 0 rings (SSSR count). The van der Waals surface area contributed by atoms with Crippen molar-refractivity contribution in [2.45, 2.75) is 73.1 Å². The van der Waals surface area contributed by atoms with Crippen LogP contribution >= 0.6 is 0 Å². The van der Waals surface area contributed by atoms with Gasteiger partial charge >= 0.3 is 0 Å². The molecule has 1 heteroatoms. The molecule has 0 amide bonds. The normalized spacial score (nSPS) is 12.4. The summed E-state index contributed by atoms with van der Waals surface area (Å²) in [5.74, 6) is 0. The van der Waals surface area contributed by atoms with Gasteiger partial charge in [-0.3, -0.25) is 0 Å². The van der Waals surface area contributed by atoms with Crippen molar-refractivity contribution in [3.8, 4) is 0 Å². The van der Waals surface area contributed by atoms with E-state index in [-0.39, 0.29) is 0 Å². The molecule has 0 saturated heterocycles. The molecule has 98 valence electrons. The number of nitrogens with zero attached hydrogens (tertiary/aromatic N) is 1. The van der Waals surface area contributed by atoms with Crippen molar-refractivity contribution in [1.82, 2.24) is 4.90 Å². The van der Waals surface area contributed by atoms with Gasteiger partial charge in [0.05, 0.1) is 0 Å². The lowest BCUT2D eigenvalue weighted by molar-refractivity contribution is 0.241. The molecule has 0 aromatic carbocycles. The van der Waals surface area contributed by atoms with Crippen LogP contribution in [0.2, 0.25) is 0 Å². The molecule has 0 spiro atoms. The van der Waals surface area contributed by atoms with Crippen molar-refractivity contribution >= 4 is 0 Å². The first-order valence-electron chi connectivity index (χ1n) is 7.22. The van der Waals surface area contributed by atoms with Gasteiger partial charge in [-0.25, -0.2) is 0 Å². The molecule has 1 nitrogen and oxygen atoms in total. The first-order valence-corrected chi connectivity index (χ1v) is 7.22. The fourth-order valence-electron chi connectivity index (χ4n) is 1.93. The molecule has 0 unspecified atom stereocenters. The number of hydrogen-bond donors (Lipinski definition) is 0. The van der Waals surface area contributed by atoms with Crippen molar-refractivity contribution in [2.24, 2.45) is 5.41 Å². The van der Waals surface area contributed by atoms with Crippen LogP contribution in [0, 0.1) is 5.41 Å². The summed E-state index contributed by atoms with van der Waals surface area (Å²) < 4.78 is 0. The quantitative estimate of drug-likeness (QED) is 0.551. The predicted molar refractivity (Wildman–Crippen MR) is 74.9 cm³/mol. The van der Waals surface area contributed by atoms with E-state index in [4.69, 9.17) is 0 Å². The second-order valence-corrected chi connectivity index (χ2v) is 6.21. The number of unbranched alkanes of at least 4 members (excludes halogenated alkanes) is 2. The molecule has 0 bridgehead atoms. The van der Waals surface area contributed by atoms with Crippen LogP contribution in [0.1, 0.15) is 73.1 Å². The van der Waals surface area contributed by atoms with Gasteiger partial charge in [0.15, 0.2) is 0 Å². The lowest BCUT2D eigenvalue weighted by Gasteiger charge is -2.24. The van der Waals surface area contributed by atoms with E-state index in [9.17, 15) is 0 Å². The maximum Gasteiger partial charge on any atom is -0.00185 e. The van der Waals surface area contributed by atoms with Gasteiger partial charge in [-0.1, -0.05) is 47.5 Å². The van der Waals surface area contributed by atoms with Crippen molar-refractivity contribution in [2.75, 3.05) is 19.6 Å². The summed E-state index contributed by atoms with van der Waals surface area (Å²) in [6.45, 7) is 15.5. The Balaban J connectivity index is 3.72. The van der Waals surface area contributed by atoms with Crippen molar-refractivity contribution in [1.29, 1.82) is 0 Å². The molecule has 0 aliphatic heterocycles. The van der Waals surface area contributed by atoms with E-state index in [0.29, 0.717) is 5.41 Å².